The van der Waals surface area contributed by atoms with E-state index in [1.54, 1.807) is 0 Å². The molecule has 8 heteroatoms. The monoisotopic (exact) mass is 432 g/mol. The van der Waals surface area contributed by atoms with Crippen LogP contribution in [-0.2, 0) is 14.3 Å². The van der Waals surface area contributed by atoms with Crippen molar-refractivity contribution >= 4 is 11.9 Å². The Morgan fingerprint density at radius 1 is 0.933 bits per heavy atom. The van der Waals surface area contributed by atoms with Crippen molar-refractivity contribution in [1.29, 1.82) is 0 Å². The highest BCUT2D eigenvalue weighted by molar-refractivity contribution is 5.89. The van der Waals surface area contributed by atoms with E-state index in [9.17, 15) is 14.7 Å². The van der Waals surface area contributed by atoms with Crippen LogP contribution >= 0.6 is 0 Å². The molecule has 1 aliphatic heterocycles. The average molecular weight is 433 g/mol. The van der Waals surface area contributed by atoms with E-state index >= 15 is 0 Å². The van der Waals surface area contributed by atoms with Crippen LogP contribution in [0.2, 0.25) is 0 Å². The molecule has 8 nitrogen and oxygen atoms in total. The first-order chi connectivity index (χ1) is 14.3. The molecule has 1 rings (SSSR count). The van der Waals surface area contributed by atoms with Crippen molar-refractivity contribution in [2.45, 2.75) is 103 Å². The Hall–Kier alpha value is -1.80. The van der Waals surface area contributed by atoms with Crippen LogP contribution in [0.3, 0.4) is 0 Å². The number of aliphatic carboxylic acids is 1. The molecule has 0 radical (unpaired) electrons. The molecule has 0 aromatic carbocycles. The number of hydrogen-bond donors (Lipinski definition) is 5. The van der Waals surface area contributed by atoms with E-state index in [4.69, 9.17) is 20.4 Å². The van der Waals surface area contributed by atoms with Gasteiger partial charge in [-0.1, -0.05) is 78.1 Å². The molecule has 0 aliphatic carbocycles. The van der Waals surface area contributed by atoms with E-state index in [-0.39, 0.29) is 5.92 Å². The second-order valence-electron chi connectivity index (χ2n) is 7.75. The van der Waals surface area contributed by atoms with Gasteiger partial charge < -0.3 is 30.3 Å². The minimum Gasteiger partial charge on any atom is -0.505 e. The van der Waals surface area contributed by atoms with Crippen molar-refractivity contribution in [3.63, 3.8) is 0 Å². The van der Waals surface area contributed by atoms with Crippen LogP contribution in [0.25, 0.3) is 0 Å². The molecule has 0 saturated heterocycles. The number of ether oxygens (including phenoxy) is 1. The van der Waals surface area contributed by atoms with Crippen LogP contribution < -0.4 is 0 Å². The third-order valence-corrected chi connectivity index (χ3v) is 5.14. The summed E-state index contributed by atoms with van der Waals surface area (Å²) in [5, 5.41) is 44.2. The summed E-state index contributed by atoms with van der Waals surface area (Å²) in [4.78, 5) is 21.7. The molecule has 0 amide bonds. The summed E-state index contributed by atoms with van der Waals surface area (Å²) in [5.41, 5.74) is 0. The number of carbonyl (C=O) groups is 2. The molecule has 176 valence electrons. The van der Waals surface area contributed by atoms with Crippen LogP contribution in [0.1, 0.15) is 90.9 Å². The fourth-order valence-corrected chi connectivity index (χ4v) is 3.20. The first-order valence-electron chi connectivity index (χ1n) is 11.1. The Morgan fingerprint density at radius 3 is 1.80 bits per heavy atom. The summed E-state index contributed by atoms with van der Waals surface area (Å²) in [5.74, 6) is -3.45. The Labute approximate surface area is 179 Å². The number of esters is 1. The molecule has 0 aromatic heterocycles. The smallest absolute Gasteiger partial charge is 0.377 e. The second kappa shape index (κ2) is 16.9. The zero-order chi connectivity index (χ0) is 22.9. The van der Waals surface area contributed by atoms with Crippen LogP contribution in [0.5, 0.6) is 0 Å². The summed E-state index contributed by atoms with van der Waals surface area (Å²) in [7, 11) is 0. The summed E-state index contributed by atoms with van der Waals surface area (Å²) in [6, 6.07) is 0. The van der Waals surface area contributed by atoms with Gasteiger partial charge in [0, 0.05) is 0 Å². The third-order valence-electron chi connectivity index (χ3n) is 5.14. The lowest BCUT2D eigenvalue weighted by Gasteiger charge is -2.13. The molecule has 30 heavy (non-hydrogen) atoms. The van der Waals surface area contributed by atoms with Crippen molar-refractivity contribution in [1.82, 2.24) is 0 Å². The van der Waals surface area contributed by atoms with Gasteiger partial charge in [0.15, 0.2) is 11.9 Å². The lowest BCUT2D eigenvalue weighted by molar-refractivity contribution is -0.147. The van der Waals surface area contributed by atoms with Crippen LogP contribution in [0, 0.1) is 5.92 Å². The maximum absolute atomic E-state index is 11.1. The minimum absolute atomic E-state index is 0.0898. The second-order valence-corrected chi connectivity index (χ2v) is 7.75. The van der Waals surface area contributed by atoms with Crippen LogP contribution in [-0.4, -0.2) is 56.3 Å². The lowest BCUT2D eigenvalue weighted by atomic mass is 9.94. The number of carboxylic acids is 1. The van der Waals surface area contributed by atoms with Crippen LogP contribution in [0.4, 0.5) is 0 Å². The predicted octanol–water partition coefficient (Wildman–Crippen LogP) is 4.00. The molecule has 0 bridgehead atoms. The lowest BCUT2D eigenvalue weighted by Crippen LogP contribution is -2.31. The topological polar surface area (TPSA) is 145 Å². The van der Waals surface area contributed by atoms with Gasteiger partial charge in [-0.2, -0.15) is 0 Å². The summed E-state index contributed by atoms with van der Waals surface area (Å²) in [6.07, 6.45) is 11.2. The fraction of sp³-hybridized carbons (Fsp3) is 0.818. The molecule has 1 unspecified atom stereocenters. The largest absolute Gasteiger partial charge is 0.505 e. The maximum Gasteiger partial charge on any atom is 0.377 e. The fourth-order valence-electron chi connectivity index (χ4n) is 3.20. The number of rotatable bonds is 15. The molecule has 0 aromatic rings. The van der Waals surface area contributed by atoms with Gasteiger partial charge in [0.1, 0.15) is 6.10 Å². The van der Waals surface area contributed by atoms with E-state index < -0.39 is 42.3 Å². The van der Waals surface area contributed by atoms with Crippen molar-refractivity contribution in [2.24, 2.45) is 5.92 Å². The van der Waals surface area contributed by atoms with Gasteiger partial charge in [0.25, 0.3) is 0 Å². The number of unbranched alkanes of at least 4 members (excludes halogenated alkanes) is 8. The number of aliphatic hydroxyl groups is 4. The van der Waals surface area contributed by atoms with Gasteiger partial charge in [0.05, 0.1) is 12.5 Å². The number of cyclic esters (lactones) is 1. The van der Waals surface area contributed by atoms with Crippen molar-refractivity contribution in [2.75, 3.05) is 6.61 Å². The van der Waals surface area contributed by atoms with Gasteiger partial charge in [-0.3, -0.25) is 4.79 Å². The third kappa shape index (κ3) is 11.4. The standard InChI is InChI=1S/C16H32O2.C6H8O6/c1-3-5-7-9-10-12-14-15(16(17)18)13-11-8-6-4-2;7-1-2(8)5-3(9)4(10)6(11)12-5/h15H,3-14H2,1-2H3,(H,17,18);2,5,7-10H,1H2/t;2-,5+/m.0/s1. The summed E-state index contributed by atoms with van der Waals surface area (Å²) in [6.45, 7) is 3.73. The van der Waals surface area contributed by atoms with Gasteiger partial charge in [0.2, 0.25) is 5.76 Å². The molecule has 0 spiro atoms. The molecule has 3 atom stereocenters. The van der Waals surface area contributed by atoms with Crippen LogP contribution in [0.15, 0.2) is 11.5 Å². The quantitative estimate of drug-likeness (QED) is 0.193. The Morgan fingerprint density at radius 2 is 1.40 bits per heavy atom. The van der Waals surface area contributed by atoms with E-state index in [0.29, 0.717) is 0 Å². The van der Waals surface area contributed by atoms with Crippen molar-refractivity contribution in [3.05, 3.63) is 11.5 Å². The zero-order valence-corrected chi connectivity index (χ0v) is 18.4. The number of carboxylic acid groups (broad SMARTS) is 1. The first kappa shape index (κ1) is 28.2. The van der Waals surface area contributed by atoms with Gasteiger partial charge in [-0.25, -0.2) is 4.79 Å². The predicted molar refractivity (Wildman–Crippen MR) is 113 cm³/mol. The van der Waals surface area contributed by atoms with Gasteiger partial charge >= 0.3 is 11.9 Å². The number of hydrogen-bond acceptors (Lipinski definition) is 7. The molecular weight excluding hydrogens is 392 g/mol. The van der Waals surface area contributed by atoms with E-state index in [1.165, 1.54) is 51.4 Å². The Bertz CT molecular complexity index is 517. The molecule has 0 saturated carbocycles. The number of aliphatic hydroxyl groups excluding tert-OH is 4. The van der Waals surface area contributed by atoms with E-state index in [1.807, 2.05) is 0 Å². The normalized spacial score (nSPS) is 17.9. The molecular formula is C22H40O8. The minimum atomic E-state index is -1.42. The van der Waals surface area contributed by atoms with E-state index in [2.05, 4.69) is 18.6 Å². The highest BCUT2D eigenvalue weighted by atomic mass is 16.6. The van der Waals surface area contributed by atoms with Crippen molar-refractivity contribution in [3.8, 4) is 0 Å². The molecule has 1 aliphatic rings. The Kier molecular flexibility index (Phi) is 15.9. The maximum atomic E-state index is 11.1. The SMILES string of the molecule is CCCCCCCCC(CCCCCC)C(=O)O.O=C1O[C@H]([C@@H](O)CO)C(O)=C1O. The Balaban J connectivity index is 0.000000604. The highest BCUT2D eigenvalue weighted by Gasteiger charge is 2.38. The van der Waals surface area contributed by atoms with Gasteiger partial charge in [-0.15, -0.1) is 0 Å². The first-order valence-corrected chi connectivity index (χ1v) is 11.1. The molecule has 0 fully saturated rings. The summed E-state index contributed by atoms with van der Waals surface area (Å²) >= 11 is 0. The summed E-state index contributed by atoms with van der Waals surface area (Å²) < 4.78 is 4.32. The van der Waals surface area contributed by atoms with Gasteiger partial charge in [-0.05, 0) is 12.8 Å². The van der Waals surface area contributed by atoms with E-state index in [0.717, 1.165) is 25.7 Å². The zero-order valence-electron chi connectivity index (χ0n) is 18.4. The molecule has 1 heterocycles. The average Bonchev–Trinajstić information content (AvgIpc) is 2.99. The van der Waals surface area contributed by atoms with Crippen molar-refractivity contribution < 1.29 is 39.9 Å². The highest BCUT2D eigenvalue weighted by Crippen LogP contribution is 2.21. The molecule has 5 N–H and O–H groups in total. The number of carbonyl (C=O) groups excluding carboxylic acids is 1.